The Morgan fingerprint density at radius 2 is 1.81 bits per heavy atom. The zero-order chi connectivity index (χ0) is 22.0. The van der Waals surface area contributed by atoms with Crippen molar-refractivity contribution >= 4 is 11.8 Å². The summed E-state index contributed by atoms with van der Waals surface area (Å²) in [5.41, 5.74) is 0.510. The third-order valence-corrected chi connectivity index (χ3v) is 7.37. The maximum absolute atomic E-state index is 13.4. The highest BCUT2D eigenvalue weighted by Crippen LogP contribution is 2.36. The summed E-state index contributed by atoms with van der Waals surface area (Å²) in [6.45, 7) is 6.10. The summed E-state index contributed by atoms with van der Waals surface area (Å²) in [5, 5.41) is 3.67. The first kappa shape index (κ1) is 22.3. The van der Waals surface area contributed by atoms with Gasteiger partial charge in [0.1, 0.15) is 5.82 Å². The summed E-state index contributed by atoms with van der Waals surface area (Å²) in [4.78, 5) is 30.1. The van der Waals surface area contributed by atoms with E-state index in [0.29, 0.717) is 37.9 Å². The highest BCUT2D eigenvalue weighted by Gasteiger charge is 2.51. The maximum atomic E-state index is 13.4. The molecule has 1 N–H and O–H groups in total. The number of nitrogens with zero attached hydrogens (tertiary/aromatic N) is 2. The fourth-order valence-electron chi connectivity index (χ4n) is 5.63. The molecule has 1 atom stereocenters. The Balaban J connectivity index is 1.46. The molecule has 2 heterocycles. The third-order valence-electron chi connectivity index (χ3n) is 7.37. The van der Waals surface area contributed by atoms with Gasteiger partial charge in [0.05, 0.1) is 11.7 Å². The van der Waals surface area contributed by atoms with Gasteiger partial charge in [0, 0.05) is 38.9 Å². The molecule has 5 nitrogen and oxygen atoms in total. The minimum Gasteiger partial charge on any atom is -0.342 e. The van der Waals surface area contributed by atoms with Gasteiger partial charge in [0.15, 0.2) is 0 Å². The number of likely N-dealkylation sites (tertiary alicyclic amines) is 1. The van der Waals surface area contributed by atoms with Gasteiger partial charge in [-0.3, -0.25) is 14.9 Å². The number of nitrogens with one attached hydrogen (secondary N) is 1. The van der Waals surface area contributed by atoms with E-state index in [1.54, 1.807) is 12.1 Å². The van der Waals surface area contributed by atoms with Crippen LogP contribution in [-0.4, -0.2) is 46.4 Å². The number of amides is 2. The highest BCUT2D eigenvalue weighted by molar-refractivity contribution is 5.85. The molecular formula is C25H36FN3O2. The molecule has 0 bridgehead atoms. The second-order valence-corrected chi connectivity index (χ2v) is 10.1. The molecule has 1 aliphatic carbocycles. The molecule has 31 heavy (non-hydrogen) atoms. The number of carbonyl (C=O) groups is 2. The minimum atomic E-state index is -0.421. The molecule has 3 fully saturated rings. The first-order chi connectivity index (χ1) is 14.9. The van der Waals surface area contributed by atoms with Gasteiger partial charge in [0.25, 0.3) is 0 Å². The zero-order valence-electron chi connectivity index (χ0n) is 18.9. The molecule has 3 aliphatic rings. The molecular weight excluding hydrogens is 393 g/mol. The van der Waals surface area contributed by atoms with Gasteiger partial charge in [-0.2, -0.15) is 0 Å². The second-order valence-electron chi connectivity index (χ2n) is 10.1. The van der Waals surface area contributed by atoms with Crippen molar-refractivity contribution in [2.45, 2.75) is 83.5 Å². The van der Waals surface area contributed by atoms with Crippen molar-refractivity contribution in [1.82, 2.24) is 15.1 Å². The molecule has 6 heteroatoms. The smallest absolute Gasteiger partial charge is 0.241 e. The van der Waals surface area contributed by atoms with E-state index in [1.165, 1.54) is 37.8 Å². The lowest BCUT2D eigenvalue weighted by Gasteiger charge is -2.45. The number of piperidine rings is 1. The lowest BCUT2D eigenvalue weighted by molar-refractivity contribution is -0.138. The minimum absolute atomic E-state index is 0.128. The Kier molecular flexibility index (Phi) is 6.65. The maximum Gasteiger partial charge on any atom is 0.241 e. The Labute approximate surface area is 185 Å². The number of carbonyl (C=O) groups excluding carboxylic acids is 2. The van der Waals surface area contributed by atoms with Crippen LogP contribution in [0.3, 0.4) is 0 Å². The van der Waals surface area contributed by atoms with Crippen LogP contribution in [0.1, 0.15) is 70.8 Å². The zero-order valence-corrected chi connectivity index (χ0v) is 18.9. The van der Waals surface area contributed by atoms with Crippen LogP contribution in [0, 0.1) is 17.7 Å². The first-order valence-electron chi connectivity index (χ1n) is 12.0. The quantitative estimate of drug-likeness (QED) is 0.742. The number of halogens is 1. The predicted octanol–water partition coefficient (Wildman–Crippen LogP) is 4.07. The molecule has 1 spiro atoms. The second kappa shape index (κ2) is 9.27. The topological polar surface area (TPSA) is 52.7 Å². The molecule has 1 saturated carbocycles. The van der Waals surface area contributed by atoms with E-state index in [9.17, 15) is 14.0 Å². The third kappa shape index (κ3) is 4.94. The fourth-order valence-corrected chi connectivity index (χ4v) is 5.63. The van der Waals surface area contributed by atoms with E-state index in [2.05, 4.69) is 19.2 Å². The summed E-state index contributed by atoms with van der Waals surface area (Å²) in [6.07, 6.45) is 7.82. The van der Waals surface area contributed by atoms with Crippen LogP contribution in [0.4, 0.5) is 4.39 Å². The van der Waals surface area contributed by atoms with Gasteiger partial charge >= 0.3 is 0 Å². The molecule has 4 rings (SSSR count). The first-order valence-corrected chi connectivity index (χ1v) is 12.0. The van der Waals surface area contributed by atoms with Crippen LogP contribution in [0.2, 0.25) is 0 Å². The molecule has 2 saturated heterocycles. The summed E-state index contributed by atoms with van der Waals surface area (Å²) in [7, 11) is 0. The number of benzene rings is 1. The van der Waals surface area contributed by atoms with E-state index in [0.717, 1.165) is 24.8 Å². The standard InChI is InChI=1S/C25H36FN3O2/c1-18(2)15-22-24(31)29(17-20-7-9-21(26)10-8-20)25(27-22)11-13-28(14-12-25)23(30)16-19-5-3-4-6-19/h7-10,18-19,22,27H,3-6,11-17H2,1-2H3. The lowest BCUT2D eigenvalue weighted by atomic mass is 9.94. The Bertz CT molecular complexity index is 780. The summed E-state index contributed by atoms with van der Waals surface area (Å²) < 4.78 is 13.4. The summed E-state index contributed by atoms with van der Waals surface area (Å²) >= 11 is 0. The van der Waals surface area contributed by atoms with Crippen LogP contribution in [0.25, 0.3) is 0 Å². The Hall–Kier alpha value is -1.95. The molecule has 170 valence electrons. The Morgan fingerprint density at radius 3 is 2.42 bits per heavy atom. The molecule has 1 aromatic rings. The van der Waals surface area contributed by atoms with Crippen LogP contribution in [0.15, 0.2) is 24.3 Å². The van der Waals surface area contributed by atoms with Crippen LogP contribution < -0.4 is 5.32 Å². The molecule has 0 radical (unpaired) electrons. The van der Waals surface area contributed by atoms with Gasteiger partial charge in [-0.05, 0) is 48.8 Å². The van der Waals surface area contributed by atoms with Gasteiger partial charge in [-0.15, -0.1) is 0 Å². The van der Waals surface area contributed by atoms with Crippen molar-refractivity contribution in [2.75, 3.05) is 13.1 Å². The molecule has 1 unspecified atom stereocenters. The van der Waals surface area contributed by atoms with Gasteiger partial charge in [0.2, 0.25) is 11.8 Å². The molecule has 0 aromatic heterocycles. The van der Waals surface area contributed by atoms with Crippen molar-refractivity contribution in [2.24, 2.45) is 11.8 Å². The van der Waals surface area contributed by atoms with Crippen molar-refractivity contribution in [3.8, 4) is 0 Å². The number of hydrogen-bond donors (Lipinski definition) is 1. The van der Waals surface area contributed by atoms with E-state index in [4.69, 9.17) is 0 Å². The van der Waals surface area contributed by atoms with Crippen molar-refractivity contribution in [3.63, 3.8) is 0 Å². The number of hydrogen-bond acceptors (Lipinski definition) is 3. The van der Waals surface area contributed by atoms with Crippen molar-refractivity contribution < 1.29 is 14.0 Å². The average Bonchev–Trinajstić information content (AvgIpc) is 3.32. The number of rotatable bonds is 6. The van der Waals surface area contributed by atoms with E-state index in [1.807, 2.05) is 9.80 Å². The average molecular weight is 430 g/mol. The Morgan fingerprint density at radius 1 is 1.16 bits per heavy atom. The van der Waals surface area contributed by atoms with Gasteiger partial charge < -0.3 is 9.80 Å². The van der Waals surface area contributed by atoms with Crippen molar-refractivity contribution in [1.29, 1.82) is 0 Å². The van der Waals surface area contributed by atoms with Gasteiger partial charge in [-0.25, -0.2) is 4.39 Å². The lowest BCUT2D eigenvalue weighted by Crippen LogP contribution is -2.59. The summed E-state index contributed by atoms with van der Waals surface area (Å²) in [5.74, 6) is 1.10. The van der Waals surface area contributed by atoms with Crippen LogP contribution >= 0.6 is 0 Å². The monoisotopic (exact) mass is 429 g/mol. The van der Waals surface area contributed by atoms with E-state index in [-0.39, 0.29) is 23.7 Å². The van der Waals surface area contributed by atoms with Crippen molar-refractivity contribution in [3.05, 3.63) is 35.6 Å². The fraction of sp³-hybridized carbons (Fsp3) is 0.680. The van der Waals surface area contributed by atoms with Crippen LogP contribution in [0.5, 0.6) is 0 Å². The highest BCUT2D eigenvalue weighted by atomic mass is 19.1. The van der Waals surface area contributed by atoms with E-state index >= 15 is 0 Å². The van der Waals surface area contributed by atoms with E-state index < -0.39 is 5.66 Å². The summed E-state index contributed by atoms with van der Waals surface area (Å²) in [6, 6.07) is 6.22. The predicted molar refractivity (Wildman–Crippen MR) is 118 cm³/mol. The van der Waals surface area contributed by atoms with Crippen LogP contribution in [-0.2, 0) is 16.1 Å². The molecule has 1 aromatic carbocycles. The molecule has 2 amide bonds. The largest absolute Gasteiger partial charge is 0.342 e. The normalized spacial score (nSPS) is 24.0. The molecule has 2 aliphatic heterocycles. The van der Waals surface area contributed by atoms with Gasteiger partial charge in [-0.1, -0.05) is 38.8 Å². The SMILES string of the molecule is CC(C)CC1NC2(CCN(C(=O)CC3CCCC3)CC2)N(Cc2ccc(F)cc2)C1=O.